The third-order valence-corrected chi connectivity index (χ3v) is 5.04. The van der Waals surface area contributed by atoms with Gasteiger partial charge in [0.15, 0.2) is 0 Å². The second-order valence-corrected chi connectivity index (χ2v) is 7.23. The fraction of sp³-hybridized carbons (Fsp3) is 0.238. The number of hydrogen-bond donors (Lipinski definition) is 2. The van der Waals surface area contributed by atoms with Crippen molar-refractivity contribution in [2.45, 2.75) is 26.8 Å². The molecule has 1 aromatic heterocycles. The maximum atomic E-state index is 13.6. The number of pyridine rings is 1. The molecule has 5 nitrogen and oxygen atoms in total. The van der Waals surface area contributed by atoms with E-state index in [0.29, 0.717) is 22.0 Å². The van der Waals surface area contributed by atoms with Gasteiger partial charge < -0.3 is 15.0 Å². The monoisotopic (exact) mass is 438 g/mol. The number of rotatable bonds is 5. The van der Waals surface area contributed by atoms with Crippen LogP contribution in [0.25, 0.3) is 10.8 Å². The maximum absolute atomic E-state index is 13.6. The van der Waals surface area contributed by atoms with E-state index in [-0.39, 0.29) is 42.1 Å². The van der Waals surface area contributed by atoms with Gasteiger partial charge >= 0.3 is 0 Å². The van der Waals surface area contributed by atoms with Crippen molar-refractivity contribution < 1.29 is 14.3 Å². The van der Waals surface area contributed by atoms with Crippen molar-refractivity contribution in [2.24, 2.45) is 0 Å². The summed E-state index contributed by atoms with van der Waals surface area (Å²) in [5.41, 5.74) is 0.459. The van der Waals surface area contributed by atoms with E-state index in [9.17, 15) is 19.1 Å². The van der Waals surface area contributed by atoms with Gasteiger partial charge in [-0.1, -0.05) is 36.7 Å². The molecule has 0 saturated carbocycles. The van der Waals surface area contributed by atoms with E-state index in [2.05, 4.69) is 5.32 Å². The highest BCUT2D eigenvalue weighted by molar-refractivity contribution is 6.35. The van der Waals surface area contributed by atoms with Crippen molar-refractivity contribution in [3.8, 4) is 0 Å². The normalized spacial score (nSPS) is 11.8. The number of halogens is 3. The standard InChI is InChI=1S/C20H17Cl2FN2O3.CH4/c1-11(10-26)25-7-6-13-14(20(25)28)3-5-16(22)19(13)24-18(27)9-12-2-4-15(21)17(23)8-12;/h2-8,11,26H,9-10H2,1H3,(H,24,27);1H4/t11-;/m1./s1. The van der Waals surface area contributed by atoms with E-state index in [1.165, 1.54) is 22.8 Å². The fourth-order valence-electron chi connectivity index (χ4n) is 2.89. The largest absolute Gasteiger partial charge is 0.394 e. The van der Waals surface area contributed by atoms with Gasteiger partial charge in [-0.2, -0.15) is 0 Å². The van der Waals surface area contributed by atoms with Crippen molar-refractivity contribution in [1.82, 2.24) is 4.57 Å². The summed E-state index contributed by atoms with van der Waals surface area (Å²) in [6, 6.07) is 8.51. The molecule has 0 spiro atoms. The highest BCUT2D eigenvalue weighted by Gasteiger charge is 2.15. The van der Waals surface area contributed by atoms with Gasteiger partial charge in [-0.05, 0) is 42.8 Å². The van der Waals surface area contributed by atoms with Crippen LogP contribution in [0.3, 0.4) is 0 Å². The molecule has 0 aliphatic rings. The molecule has 2 N–H and O–H groups in total. The Morgan fingerprint density at radius 3 is 2.52 bits per heavy atom. The van der Waals surface area contributed by atoms with Gasteiger partial charge in [0.05, 0.1) is 34.8 Å². The highest BCUT2D eigenvalue weighted by atomic mass is 35.5. The Hall–Kier alpha value is -2.41. The van der Waals surface area contributed by atoms with Crippen LogP contribution in [-0.4, -0.2) is 22.2 Å². The van der Waals surface area contributed by atoms with Crippen molar-refractivity contribution in [2.75, 3.05) is 11.9 Å². The third-order valence-electron chi connectivity index (χ3n) is 4.41. The Kier molecular flexibility index (Phi) is 7.41. The summed E-state index contributed by atoms with van der Waals surface area (Å²) < 4.78 is 15.0. The number of aromatic nitrogens is 1. The fourth-order valence-corrected chi connectivity index (χ4v) is 3.22. The molecule has 2 aromatic carbocycles. The first-order valence-electron chi connectivity index (χ1n) is 8.49. The SMILES string of the molecule is C.C[C@H](CO)n1ccc2c(NC(=O)Cc3ccc(Cl)c(F)c3)c(Cl)ccc2c1=O. The van der Waals surface area contributed by atoms with Crippen LogP contribution in [-0.2, 0) is 11.2 Å². The van der Waals surface area contributed by atoms with Gasteiger partial charge in [0, 0.05) is 17.0 Å². The number of aliphatic hydroxyl groups is 1. The molecule has 3 aromatic rings. The van der Waals surface area contributed by atoms with Crippen LogP contribution in [0.4, 0.5) is 10.1 Å². The average molecular weight is 439 g/mol. The number of nitrogens with zero attached hydrogens (tertiary/aromatic N) is 1. The van der Waals surface area contributed by atoms with Crippen molar-refractivity contribution in [3.05, 3.63) is 74.4 Å². The zero-order valence-corrected chi connectivity index (χ0v) is 16.4. The lowest BCUT2D eigenvalue weighted by molar-refractivity contribution is -0.115. The van der Waals surface area contributed by atoms with E-state index in [1.54, 1.807) is 31.3 Å². The first kappa shape index (κ1) is 22.9. The molecule has 0 aliphatic heterocycles. The molecule has 0 saturated heterocycles. The third kappa shape index (κ3) is 4.78. The predicted molar refractivity (Wildman–Crippen MR) is 115 cm³/mol. The number of hydrogen-bond acceptors (Lipinski definition) is 3. The molecule has 0 unspecified atom stereocenters. The molecule has 0 aliphatic carbocycles. The van der Waals surface area contributed by atoms with E-state index >= 15 is 0 Å². The highest BCUT2D eigenvalue weighted by Crippen LogP contribution is 2.30. The molecular weight excluding hydrogens is 418 g/mol. The summed E-state index contributed by atoms with van der Waals surface area (Å²) in [5, 5.41) is 13.1. The molecule has 29 heavy (non-hydrogen) atoms. The number of anilines is 1. The van der Waals surface area contributed by atoms with Crippen LogP contribution < -0.4 is 10.9 Å². The topological polar surface area (TPSA) is 71.3 Å². The number of carbonyl (C=O) groups is 1. The Morgan fingerprint density at radius 2 is 1.86 bits per heavy atom. The van der Waals surface area contributed by atoms with Gasteiger partial charge in [-0.15, -0.1) is 0 Å². The van der Waals surface area contributed by atoms with Crippen molar-refractivity contribution in [3.63, 3.8) is 0 Å². The van der Waals surface area contributed by atoms with Crippen LogP contribution in [0, 0.1) is 5.82 Å². The molecule has 154 valence electrons. The summed E-state index contributed by atoms with van der Waals surface area (Å²) in [6.45, 7) is 1.54. The molecule has 1 atom stereocenters. The summed E-state index contributed by atoms with van der Waals surface area (Å²) in [6.07, 6.45) is 1.46. The lowest BCUT2D eigenvalue weighted by atomic mass is 10.1. The molecule has 1 heterocycles. The number of aliphatic hydroxyl groups excluding tert-OH is 1. The van der Waals surface area contributed by atoms with Crippen LogP contribution in [0.5, 0.6) is 0 Å². The quantitative estimate of drug-likeness (QED) is 0.599. The minimum absolute atomic E-state index is 0. The van der Waals surface area contributed by atoms with Crippen LogP contribution in [0.1, 0.15) is 26.0 Å². The number of nitrogens with one attached hydrogen (secondary N) is 1. The lowest BCUT2D eigenvalue weighted by Crippen LogP contribution is -2.25. The molecule has 0 bridgehead atoms. The molecule has 0 radical (unpaired) electrons. The number of amides is 1. The number of carbonyl (C=O) groups excluding carboxylic acids is 1. The van der Waals surface area contributed by atoms with E-state index in [0.717, 1.165) is 0 Å². The van der Waals surface area contributed by atoms with Crippen LogP contribution >= 0.6 is 23.2 Å². The van der Waals surface area contributed by atoms with Gasteiger partial charge in [-0.25, -0.2) is 4.39 Å². The first-order valence-corrected chi connectivity index (χ1v) is 9.25. The van der Waals surface area contributed by atoms with Gasteiger partial charge in [0.25, 0.3) is 5.56 Å². The average Bonchev–Trinajstić information content (AvgIpc) is 2.66. The van der Waals surface area contributed by atoms with E-state index in [4.69, 9.17) is 23.2 Å². The summed E-state index contributed by atoms with van der Waals surface area (Å²) in [4.78, 5) is 25.1. The molecule has 1 amide bonds. The first-order chi connectivity index (χ1) is 13.3. The predicted octanol–water partition coefficient (Wildman–Crippen LogP) is 4.82. The Balaban J connectivity index is 0.00000300. The van der Waals surface area contributed by atoms with Gasteiger partial charge in [-0.3, -0.25) is 9.59 Å². The zero-order valence-electron chi connectivity index (χ0n) is 14.9. The minimum atomic E-state index is -0.603. The number of benzene rings is 2. The van der Waals surface area contributed by atoms with Gasteiger partial charge in [0.2, 0.25) is 5.91 Å². The Morgan fingerprint density at radius 1 is 1.17 bits per heavy atom. The summed E-state index contributed by atoms with van der Waals surface area (Å²) in [5.74, 6) is -1.02. The minimum Gasteiger partial charge on any atom is -0.394 e. The van der Waals surface area contributed by atoms with Crippen LogP contribution in [0.2, 0.25) is 10.0 Å². The Bertz CT molecular complexity index is 1120. The molecule has 3 rings (SSSR count). The summed E-state index contributed by atoms with van der Waals surface area (Å²) >= 11 is 11.9. The second kappa shape index (κ2) is 9.39. The maximum Gasteiger partial charge on any atom is 0.258 e. The second-order valence-electron chi connectivity index (χ2n) is 6.42. The van der Waals surface area contributed by atoms with Crippen LogP contribution in [0.15, 0.2) is 47.4 Å². The zero-order chi connectivity index (χ0) is 20.4. The smallest absolute Gasteiger partial charge is 0.258 e. The Labute approximate surface area is 177 Å². The lowest BCUT2D eigenvalue weighted by Gasteiger charge is -2.15. The number of fused-ring (bicyclic) bond motifs is 1. The van der Waals surface area contributed by atoms with Crippen molar-refractivity contribution in [1.29, 1.82) is 0 Å². The van der Waals surface area contributed by atoms with E-state index in [1.807, 2.05) is 0 Å². The summed E-state index contributed by atoms with van der Waals surface area (Å²) in [7, 11) is 0. The molecule has 0 fully saturated rings. The van der Waals surface area contributed by atoms with Gasteiger partial charge in [0.1, 0.15) is 5.82 Å². The molecular formula is C21H21Cl2FN2O3. The molecule has 8 heteroatoms. The van der Waals surface area contributed by atoms with Crippen molar-refractivity contribution >= 4 is 45.6 Å². The van der Waals surface area contributed by atoms with E-state index < -0.39 is 11.7 Å².